The van der Waals surface area contributed by atoms with E-state index in [4.69, 9.17) is 5.11 Å². The third-order valence-corrected chi connectivity index (χ3v) is 2.06. The van der Waals surface area contributed by atoms with Crippen LogP contribution in [0, 0.1) is 0 Å². The Morgan fingerprint density at radius 1 is 1.77 bits per heavy atom. The van der Waals surface area contributed by atoms with Crippen LogP contribution in [-0.2, 0) is 4.79 Å². The van der Waals surface area contributed by atoms with Gasteiger partial charge < -0.3 is 15.4 Å². The van der Waals surface area contributed by atoms with Gasteiger partial charge in [0.1, 0.15) is 6.04 Å². The van der Waals surface area contributed by atoms with Crippen LogP contribution in [0.25, 0.3) is 0 Å². The van der Waals surface area contributed by atoms with Crippen molar-refractivity contribution in [2.24, 2.45) is 0 Å². The highest BCUT2D eigenvalue weighted by Crippen LogP contribution is 2.15. The van der Waals surface area contributed by atoms with Gasteiger partial charge in [-0.1, -0.05) is 6.92 Å². The molecule has 1 aromatic heterocycles. The number of nitrogens with one attached hydrogen (secondary N) is 2. The molecule has 5 nitrogen and oxygen atoms in total. The molecule has 0 aliphatic rings. The van der Waals surface area contributed by atoms with Crippen LogP contribution >= 0.6 is 0 Å². The lowest BCUT2D eigenvalue weighted by atomic mass is 9.99. The maximum atomic E-state index is 10.8. The number of aliphatic carboxylic acids is 1. The molecular formula is C8H13N3O2. The number of carboxylic acids is 1. The molecule has 3 N–H and O–H groups in total. The zero-order valence-corrected chi connectivity index (χ0v) is 7.61. The Hall–Kier alpha value is -1.36. The number of nitrogens with zero attached hydrogens (tertiary/aromatic N) is 1. The number of carboxylic acid groups (broad SMARTS) is 1. The number of imidazole rings is 1. The van der Waals surface area contributed by atoms with Crippen LogP contribution in [0.3, 0.4) is 0 Å². The van der Waals surface area contributed by atoms with Crippen molar-refractivity contribution in [1.82, 2.24) is 15.3 Å². The summed E-state index contributed by atoms with van der Waals surface area (Å²) >= 11 is 0. The van der Waals surface area contributed by atoms with Crippen LogP contribution in [0.2, 0.25) is 0 Å². The number of aromatic amines is 1. The van der Waals surface area contributed by atoms with Gasteiger partial charge in [0.2, 0.25) is 0 Å². The summed E-state index contributed by atoms with van der Waals surface area (Å²) in [5.41, 5.74) is 0.752. The number of rotatable bonds is 4. The Balaban J connectivity index is 2.76. The second-order valence-corrected chi connectivity index (χ2v) is 2.89. The number of aromatic nitrogens is 2. The number of carbonyl (C=O) groups is 1. The molecule has 0 amide bonds. The molecule has 0 saturated heterocycles. The Morgan fingerprint density at radius 3 is 2.85 bits per heavy atom. The molecule has 0 spiro atoms. The lowest BCUT2D eigenvalue weighted by Crippen LogP contribution is -2.38. The van der Waals surface area contributed by atoms with Gasteiger partial charge in [0.05, 0.1) is 12.0 Å². The molecule has 13 heavy (non-hydrogen) atoms. The molecule has 2 unspecified atom stereocenters. The van der Waals surface area contributed by atoms with Gasteiger partial charge in [-0.25, -0.2) is 4.98 Å². The van der Waals surface area contributed by atoms with Gasteiger partial charge in [-0.15, -0.1) is 0 Å². The van der Waals surface area contributed by atoms with Crippen LogP contribution < -0.4 is 5.32 Å². The standard InChI is InChI=1S/C8H13N3O2/c1-5(6-3-10-4-11-6)7(9-2)8(12)13/h3-5,7,9H,1-2H3,(H,10,11)(H,12,13). The average Bonchev–Trinajstić information content (AvgIpc) is 2.56. The number of hydrogen-bond acceptors (Lipinski definition) is 3. The van der Waals surface area contributed by atoms with E-state index < -0.39 is 12.0 Å². The van der Waals surface area contributed by atoms with Crippen LogP contribution in [-0.4, -0.2) is 34.1 Å². The first-order chi connectivity index (χ1) is 6.16. The van der Waals surface area contributed by atoms with E-state index in [1.807, 2.05) is 6.92 Å². The molecule has 0 bridgehead atoms. The Kier molecular flexibility index (Phi) is 3.02. The van der Waals surface area contributed by atoms with Crippen LogP contribution in [0.15, 0.2) is 12.5 Å². The first-order valence-electron chi connectivity index (χ1n) is 4.05. The summed E-state index contributed by atoms with van der Waals surface area (Å²) in [4.78, 5) is 17.6. The molecule has 0 fully saturated rings. The minimum atomic E-state index is -0.863. The van der Waals surface area contributed by atoms with E-state index in [0.29, 0.717) is 0 Å². The highest BCUT2D eigenvalue weighted by molar-refractivity contribution is 5.74. The van der Waals surface area contributed by atoms with Gasteiger partial charge in [0.15, 0.2) is 0 Å². The molecule has 1 aromatic rings. The van der Waals surface area contributed by atoms with E-state index in [-0.39, 0.29) is 5.92 Å². The molecule has 5 heteroatoms. The largest absolute Gasteiger partial charge is 0.480 e. The summed E-state index contributed by atoms with van der Waals surface area (Å²) < 4.78 is 0. The molecular weight excluding hydrogens is 170 g/mol. The van der Waals surface area contributed by atoms with E-state index >= 15 is 0 Å². The van der Waals surface area contributed by atoms with Crippen LogP contribution in [0.1, 0.15) is 18.5 Å². The monoisotopic (exact) mass is 183 g/mol. The van der Waals surface area contributed by atoms with E-state index in [1.54, 1.807) is 19.6 Å². The predicted molar refractivity (Wildman–Crippen MR) is 47.5 cm³/mol. The lowest BCUT2D eigenvalue weighted by molar-refractivity contribution is -0.139. The Morgan fingerprint density at radius 2 is 2.46 bits per heavy atom. The van der Waals surface area contributed by atoms with Crippen molar-refractivity contribution < 1.29 is 9.90 Å². The van der Waals surface area contributed by atoms with Gasteiger partial charge in [-0.05, 0) is 7.05 Å². The zero-order chi connectivity index (χ0) is 9.84. The minimum absolute atomic E-state index is 0.145. The number of H-pyrrole nitrogens is 1. The van der Waals surface area contributed by atoms with Gasteiger partial charge >= 0.3 is 5.97 Å². The summed E-state index contributed by atoms with van der Waals surface area (Å²) in [6.45, 7) is 1.82. The normalized spacial score (nSPS) is 15.2. The second-order valence-electron chi connectivity index (χ2n) is 2.89. The molecule has 2 atom stereocenters. The fourth-order valence-electron chi connectivity index (χ4n) is 1.28. The van der Waals surface area contributed by atoms with Crippen molar-refractivity contribution in [1.29, 1.82) is 0 Å². The summed E-state index contributed by atoms with van der Waals surface area (Å²) in [5.74, 6) is -1.01. The SMILES string of the molecule is CNC(C(=O)O)C(C)c1c[nH]cn1. The maximum absolute atomic E-state index is 10.8. The van der Waals surface area contributed by atoms with Crippen molar-refractivity contribution in [3.05, 3.63) is 18.2 Å². The summed E-state index contributed by atoms with van der Waals surface area (Å²) in [6, 6.07) is -0.594. The highest BCUT2D eigenvalue weighted by Gasteiger charge is 2.24. The number of hydrogen-bond donors (Lipinski definition) is 3. The van der Waals surface area contributed by atoms with E-state index in [2.05, 4.69) is 15.3 Å². The van der Waals surface area contributed by atoms with Crippen molar-refractivity contribution in [3.8, 4) is 0 Å². The summed E-state index contributed by atoms with van der Waals surface area (Å²) in [6.07, 6.45) is 3.25. The van der Waals surface area contributed by atoms with Crippen molar-refractivity contribution >= 4 is 5.97 Å². The Labute approximate surface area is 76.2 Å². The lowest BCUT2D eigenvalue weighted by Gasteiger charge is -2.17. The molecule has 1 heterocycles. The first-order valence-corrected chi connectivity index (χ1v) is 4.05. The smallest absolute Gasteiger partial charge is 0.321 e. The quantitative estimate of drug-likeness (QED) is 0.622. The minimum Gasteiger partial charge on any atom is -0.480 e. The van der Waals surface area contributed by atoms with Gasteiger partial charge in [-0.3, -0.25) is 4.79 Å². The number of likely N-dealkylation sites (N-methyl/N-ethyl adjacent to an activating group) is 1. The molecule has 0 radical (unpaired) electrons. The maximum Gasteiger partial charge on any atom is 0.321 e. The fraction of sp³-hybridized carbons (Fsp3) is 0.500. The molecule has 0 aliphatic heterocycles. The fourth-order valence-corrected chi connectivity index (χ4v) is 1.28. The molecule has 0 aliphatic carbocycles. The molecule has 72 valence electrons. The summed E-state index contributed by atoms with van der Waals surface area (Å²) in [7, 11) is 1.63. The third kappa shape index (κ3) is 2.06. The van der Waals surface area contributed by atoms with Crippen LogP contribution in [0.4, 0.5) is 0 Å². The van der Waals surface area contributed by atoms with Gasteiger partial charge in [0, 0.05) is 12.1 Å². The first kappa shape index (κ1) is 9.73. The molecule has 1 rings (SSSR count). The summed E-state index contributed by atoms with van der Waals surface area (Å²) in [5, 5.41) is 11.6. The average molecular weight is 183 g/mol. The van der Waals surface area contributed by atoms with Gasteiger partial charge in [-0.2, -0.15) is 0 Å². The van der Waals surface area contributed by atoms with Crippen molar-refractivity contribution in [2.75, 3.05) is 7.05 Å². The Bertz CT molecular complexity index is 271. The molecule has 0 saturated carbocycles. The molecule has 0 aromatic carbocycles. The second kappa shape index (κ2) is 4.04. The third-order valence-electron chi connectivity index (χ3n) is 2.06. The zero-order valence-electron chi connectivity index (χ0n) is 7.61. The van der Waals surface area contributed by atoms with Gasteiger partial charge in [0.25, 0.3) is 0 Å². The van der Waals surface area contributed by atoms with E-state index in [1.165, 1.54) is 0 Å². The highest BCUT2D eigenvalue weighted by atomic mass is 16.4. The van der Waals surface area contributed by atoms with E-state index in [9.17, 15) is 4.79 Å². The topological polar surface area (TPSA) is 78.0 Å². The van der Waals surface area contributed by atoms with Crippen molar-refractivity contribution in [2.45, 2.75) is 18.9 Å². The van der Waals surface area contributed by atoms with E-state index in [0.717, 1.165) is 5.69 Å². The van der Waals surface area contributed by atoms with Crippen molar-refractivity contribution in [3.63, 3.8) is 0 Å². The van der Waals surface area contributed by atoms with Crippen LogP contribution in [0.5, 0.6) is 0 Å². The predicted octanol–water partition coefficient (Wildman–Crippen LogP) is 0.186.